The fourth-order valence-electron chi connectivity index (χ4n) is 3.17. The summed E-state index contributed by atoms with van der Waals surface area (Å²) in [5.74, 6) is 3.00. The summed E-state index contributed by atoms with van der Waals surface area (Å²) in [6, 6.07) is 18.3. The molecule has 0 aliphatic carbocycles. The number of rotatable bonds is 11. The van der Waals surface area contributed by atoms with Crippen LogP contribution < -0.4 is 23.7 Å². The normalized spacial score (nSPS) is 10.7. The Morgan fingerprint density at radius 1 is 0.758 bits per heavy atom. The molecule has 0 heterocycles. The van der Waals surface area contributed by atoms with Crippen LogP contribution in [-0.2, 0) is 6.61 Å². The van der Waals surface area contributed by atoms with Crippen molar-refractivity contribution < 1.29 is 28.5 Å². The van der Waals surface area contributed by atoms with Gasteiger partial charge in [-0.25, -0.2) is 0 Å². The molecular weight excluding hydrogens is 420 g/mol. The zero-order chi connectivity index (χ0) is 23.6. The molecule has 0 atom stereocenters. The first-order valence-electron chi connectivity index (χ1n) is 10.5. The van der Waals surface area contributed by atoms with Gasteiger partial charge in [-0.1, -0.05) is 12.1 Å². The monoisotopic (exact) mass is 448 g/mol. The molecule has 0 radical (unpaired) electrons. The van der Waals surface area contributed by atoms with E-state index in [1.54, 1.807) is 38.5 Å². The zero-order valence-electron chi connectivity index (χ0n) is 19.3. The predicted octanol–water partition coefficient (Wildman–Crippen LogP) is 5.59. The summed E-state index contributed by atoms with van der Waals surface area (Å²) in [5, 5.41) is 0. The highest BCUT2D eigenvalue weighted by atomic mass is 16.5. The van der Waals surface area contributed by atoms with Crippen LogP contribution in [0.4, 0.5) is 0 Å². The first kappa shape index (κ1) is 23.7. The molecule has 33 heavy (non-hydrogen) atoms. The Hall–Kier alpha value is -3.93. The molecule has 6 heteroatoms. The molecule has 3 aromatic carbocycles. The van der Waals surface area contributed by atoms with Crippen molar-refractivity contribution in [2.75, 3.05) is 27.9 Å². The van der Waals surface area contributed by atoms with Crippen LogP contribution in [-0.4, -0.2) is 33.7 Å². The van der Waals surface area contributed by atoms with Gasteiger partial charge in [0.1, 0.15) is 35.4 Å². The maximum atomic E-state index is 12.8. The molecule has 0 amide bonds. The SMILES string of the molecule is CCOc1cc(OCc2ccc(OC)cc2)ccc1C=CC(=O)c1ccc(OC)cc1OC. The lowest BCUT2D eigenvalue weighted by molar-refractivity contribution is 0.104. The third-order valence-electron chi connectivity index (χ3n) is 4.94. The highest BCUT2D eigenvalue weighted by Crippen LogP contribution is 2.29. The number of allylic oxidation sites excluding steroid dienone is 1. The average Bonchev–Trinajstić information content (AvgIpc) is 2.86. The first-order chi connectivity index (χ1) is 16.1. The number of ether oxygens (including phenoxy) is 5. The summed E-state index contributed by atoms with van der Waals surface area (Å²) in [4.78, 5) is 12.8. The molecule has 0 saturated carbocycles. The Morgan fingerprint density at radius 3 is 2.09 bits per heavy atom. The van der Waals surface area contributed by atoms with Gasteiger partial charge < -0.3 is 23.7 Å². The topological polar surface area (TPSA) is 63.2 Å². The number of hydrogen-bond acceptors (Lipinski definition) is 6. The van der Waals surface area contributed by atoms with Crippen molar-refractivity contribution in [3.05, 3.63) is 83.4 Å². The molecular formula is C27H28O6. The van der Waals surface area contributed by atoms with Crippen LogP contribution in [0.5, 0.6) is 28.7 Å². The van der Waals surface area contributed by atoms with E-state index in [0.717, 1.165) is 16.9 Å². The highest BCUT2D eigenvalue weighted by molar-refractivity contribution is 6.08. The van der Waals surface area contributed by atoms with E-state index in [9.17, 15) is 4.79 Å². The van der Waals surface area contributed by atoms with E-state index in [1.807, 2.05) is 49.4 Å². The van der Waals surface area contributed by atoms with E-state index >= 15 is 0 Å². The molecule has 0 saturated heterocycles. The number of carbonyl (C=O) groups excluding carboxylic acids is 1. The minimum absolute atomic E-state index is 0.184. The van der Waals surface area contributed by atoms with E-state index in [4.69, 9.17) is 23.7 Å². The summed E-state index contributed by atoms with van der Waals surface area (Å²) in [7, 11) is 4.72. The van der Waals surface area contributed by atoms with Gasteiger partial charge in [-0.3, -0.25) is 4.79 Å². The second kappa shape index (κ2) is 11.6. The number of carbonyl (C=O) groups is 1. The minimum atomic E-state index is -0.184. The molecule has 3 rings (SSSR count). The Morgan fingerprint density at radius 2 is 1.42 bits per heavy atom. The third-order valence-corrected chi connectivity index (χ3v) is 4.94. The quantitative estimate of drug-likeness (QED) is 0.282. The van der Waals surface area contributed by atoms with Crippen molar-refractivity contribution >= 4 is 11.9 Å². The van der Waals surface area contributed by atoms with E-state index in [0.29, 0.717) is 41.8 Å². The van der Waals surface area contributed by atoms with Gasteiger partial charge in [0.15, 0.2) is 5.78 Å². The van der Waals surface area contributed by atoms with Crippen LogP contribution in [0.15, 0.2) is 66.7 Å². The summed E-state index contributed by atoms with van der Waals surface area (Å²) < 4.78 is 27.4. The van der Waals surface area contributed by atoms with Gasteiger partial charge >= 0.3 is 0 Å². The summed E-state index contributed by atoms with van der Waals surface area (Å²) in [5.41, 5.74) is 2.25. The lowest BCUT2D eigenvalue weighted by atomic mass is 10.1. The van der Waals surface area contributed by atoms with Crippen LogP contribution in [0.2, 0.25) is 0 Å². The van der Waals surface area contributed by atoms with Gasteiger partial charge in [-0.05, 0) is 61.0 Å². The van der Waals surface area contributed by atoms with Gasteiger partial charge in [0.25, 0.3) is 0 Å². The average molecular weight is 449 g/mol. The number of methoxy groups -OCH3 is 3. The van der Waals surface area contributed by atoms with Crippen molar-refractivity contribution in [3.8, 4) is 28.7 Å². The number of ketones is 1. The molecule has 0 bridgehead atoms. The van der Waals surface area contributed by atoms with Crippen LogP contribution in [0.1, 0.15) is 28.4 Å². The molecule has 3 aromatic rings. The molecule has 0 N–H and O–H groups in total. The molecule has 0 aliphatic heterocycles. The number of benzene rings is 3. The Bertz CT molecular complexity index is 1100. The van der Waals surface area contributed by atoms with E-state index in [1.165, 1.54) is 13.2 Å². The first-order valence-corrected chi connectivity index (χ1v) is 10.5. The third kappa shape index (κ3) is 6.29. The van der Waals surface area contributed by atoms with E-state index < -0.39 is 0 Å². The molecule has 0 fully saturated rings. The van der Waals surface area contributed by atoms with Crippen LogP contribution >= 0.6 is 0 Å². The summed E-state index contributed by atoms with van der Waals surface area (Å²) in [6.45, 7) is 2.81. The van der Waals surface area contributed by atoms with Gasteiger partial charge in [-0.15, -0.1) is 0 Å². The Labute approximate surface area is 194 Å². The zero-order valence-corrected chi connectivity index (χ0v) is 19.3. The van der Waals surface area contributed by atoms with Gasteiger partial charge in [0.05, 0.1) is 33.5 Å². The number of hydrogen-bond donors (Lipinski definition) is 0. The van der Waals surface area contributed by atoms with Crippen molar-refractivity contribution in [3.63, 3.8) is 0 Å². The van der Waals surface area contributed by atoms with Gasteiger partial charge in [-0.2, -0.15) is 0 Å². The van der Waals surface area contributed by atoms with Crippen molar-refractivity contribution in [2.45, 2.75) is 13.5 Å². The lowest BCUT2D eigenvalue weighted by Gasteiger charge is -2.12. The smallest absolute Gasteiger partial charge is 0.189 e. The standard InChI is InChI=1S/C27H28O6/c1-5-32-26-17-23(33-18-19-6-10-21(29-2)11-7-19)12-8-20(26)9-15-25(28)24-14-13-22(30-3)16-27(24)31-4/h6-17H,5,18H2,1-4H3. The molecule has 0 unspecified atom stereocenters. The minimum Gasteiger partial charge on any atom is -0.497 e. The maximum absolute atomic E-state index is 12.8. The van der Waals surface area contributed by atoms with Crippen molar-refractivity contribution in [1.82, 2.24) is 0 Å². The summed E-state index contributed by atoms with van der Waals surface area (Å²) in [6.07, 6.45) is 3.23. The Kier molecular flexibility index (Phi) is 8.36. The van der Waals surface area contributed by atoms with Crippen molar-refractivity contribution in [1.29, 1.82) is 0 Å². The fourth-order valence-corrected chi connectivity index (χ4v) is 3.17. The largest absolute Gasteiger partial charge is 0.497 e. The van der Waals surface area contributed by atoms with Gasteiger partial charge in [0, 0.05) is 17.7 Å². The van der Waals surface area contributed by atoms with Crippen LogP contribution in [0.3, 0.4) is 0 Å². The highest BCUT2D eigenvalue weighted by Gasteiger charge is 2.12. The Balaban J connectivity index is 1.74. The lowest BCUT2D eigenvalue weighted by Crippen LogP contribution is -2.00. The molecule has 172 valence electrons. The molecule has 0 aromatic heterocycles. The van der Waals surface area contributed by atoms with Crippen molar-refractivity contribution in [2.24, 2.45) is 0 Å². The predicted molar refractivity (Wildman–Crippen MR) is 128 cm³/mol. The fraction of sp³-hybridized carbons (Fsp3) is 0.222. The van der Waals surface area contributed by atoms with Gasteiger partial charge in [0.2, 0.25) is 0 Å². The van der Waals surface area contributed by atoms with E-state index in [-0.39, 0.29) is 5.78 Å². The second-order valence-electron chi connectivity index (χ2n) is 7.03. The molecule has 0 aliphatic rings. The molecule has 0 spiro atoms. The maximum Gasteiger partial charge on any atom is 0.189 e. The summed E-state index contributed by atoms with van der Waals surface area (Å²) >= 11 is 0. The molecule has 6 nitrogen and oxygen atoms in total. The van der Waals surface area contributed by atoms with Crippen LogP contribution in [0.25, 0.3) is 6.08 Å². The van der Waals surface area contributed by atoms with Crippen LogP contribution in [0, 0.1) is 0 Å². The van der Waals surface area contributed by atoms with E-state index in [2.05, 4.69) is 0 Å². The second-order valence-corrected chi connectivity index (χ2v) is 7.03.